The van der Waals surface area contributed by atoms with Crippen LogP contribution in [0, 0.1) is 0 Å². The summed E-state index contributed by atoms with van der Waals surface area (Å²) in [5.41, 5.74) is 5.59. The fourth-order valence-corrected chi connectivity index (χ4v) is 1.79. The summed E-state index contributed by atoms with van der Waals surface area (Å²) in [4.78, 5) is 0. The second kappa shape index (κ2) is 7.38. The number of hydrogen-bond donors (Lipinski definition) is 2. The second-order valence-corrected chi connectivity index (χ2v) is 4.51. The maximum atomic E-state index is 12.5. The Morgan fingerprint density at radius 3 is 2.27 bits per heavy atom. The van der Waals surface area contributed by atoms with Crippen LogP contribution in [0.25, 0.3) is 0 Å². The van der Waals surface area contributed by atoms with Crippen LogP contribution in [0.4, 0.5) is 13.2 Å². The molecule has 0 fully saturated rings. The molecule has 1 atom stereocenters. The smallest absolute Gasteiger partial charge is 0.407 e. The zero-order chi connectivity index (χ0) is 15.5. The molecule has 0 aromatic heterocycles. The van der Waals surface area contributed by atoms with E-state index in [9.17, 15) is 18.3 Å². The molecule has 0 saturated heterocycles. The Morgan fingerprint density at radius 2 is 1.73 bits per heavy atom. The highest BCUT2D eigenvalue weighted by Gasteiger charge is 2.39. The lowest BCUT2D eigenvalue weighted by Gasteiger charge is -2.17. The highest BCUT2D eigenvalue weighted by atomic mass is 35.5. The first kappa shape index (κ1) is 18.1. The molecule has 0 heterocycles. The van der Waals surface area contributed by atoms with Gasteiger partial charge in [-0.3, -0.25) is 0 Å². The van der Waals surface area contributed by atoms with Crippen molar-refractivity contribution in [1.82, 2.24) is 0 Å². The van der Waals surface area contributed by atoms with Gasteiger partial charge in [0.05, 0.1) is 0 Å². The lowest BCUT2D eigenvalue weighted by atomic mass is 10.1. The van der Waals surface area contributed by atoms with Gasteiger partial charge < -0.3 is 15.6 Å². The van der Waals surface area contributed by atoms with E-state index in [-0.39, 0.29) is 30.3 Å². The molecule has 2 aromatic rings. The fourth-order valence-electron chi connectivity index (χ4n) is 1.79. The number of nitrogens with two attached hydrogens (primary N) is 1. The van der Waals surface area contributed by atoms with Crippen molar-refractivity contribution in [3.05, 3.63) is 59.7 Å². The summed E-state index contributed by atoms with van der Waals surface area (Å²) in [5, 5.41) is 9.66. The van der Waals surface area contributed by atoms with Crippen LogP contribution in [-0.4, -0.2) is 11.3 Å². The Balaban J connectivity index is 0.00000242. The number of phenols is 1. The van der Waals surface area contributed by atoms with Crippen LogP contribution in [-0.2, 0) is 6.61 Å². The first-order valence-electron chi connectivity index (χ1n) is 6.20. The number of rotatable bonds is 4. The summed E-state index contributed by atoms with van der Waals surface area (Å²) in [6.07, 6.45) is -4.61. The Labute approximate surface area is 131 Å². The van der Waals surface area contributed by atoms with Crippen LogP contribution in [0.3, 0.4) is 0 Å². The topological polar surface area (TPSA) is 55.5 Å². The molecule has 120 valence electrons. The van der Waals surface area contributed by atoms with Crippen molar-refractivity contribution in [3.8, 4) is 11.5 Å². The van der Waals surface area contributed by atoms with E-state index in [1.807, 2.05) is 30.3 Å². The van der Waals surface area contributed by atoms with Gasteiger partial charge in [0.1, 0.15) is 24.1 Å². The third-order valence-corrected chi connectivity index (χ3v) is 2.94. The van der Waals surface area contributed by atoms with Crippen molar-refractivity contribution in [2.45, 2.75) is 18.8 Å². The largest absolute Gasteiger partial charge is 0.507 e. The third-order valence-electron chi connectivity index (χ3n) is 2.94. The van der Waals surface area contributed by atoms with Crippen LogP contribution in [0.1, 0.15) is 17.2 Å². The molecular weight excluding hydrogens is 319 g/mol. The van der Waals surface area contributed by atoms with Gasteiger partial charge in [-0.05, 0) is 17.7 Å². The summed E-state index contributed by atoms with van der Waals surface area (Å²) in [6, 6.07) is 10.6. The van der Waals surface area contributed by atoms with Crippen LogP contribution in [0.15, 0.2) is 48.5 Å². The Morgan fingerprint density at radius 1 is 1.09 bits per heavy atom. The van der Waals surface area contributed by atoms with Gasteiger partial charge in [-0.2, -0.15) is 13.2 Å². The second-order valence-electron chi connectivity index (χ2n) is 4.51. The third kappa shape index (κ3) is 4.54. The Kier molecular flexibility index (Phi) is 6.08. The molecule has 0 unspecified atom stereocenters. The van der Waals surface area contributed by atoms with Crippen molar-refractivity contribution in [1.29, 1.82) is 0 Å². The monoisotopic (exact) mass is 333 g/mol. The maximum Gasteiger partial charge on any atom is 0.407 e. The number of halogens is 4. The average Bonchev–Trinajstić information content (AvgIpc) is 2.45. The van der Waals surface area contributed by atoms with Crippen LogP contribution in [0.2, 0.25) is 0 Å². The predicted octanol–water partition coefficient (Wildman–Crippen LogP) is 3.96. The highest BCUT2D eigenvalue weighted by molar-refractivity contribution is 5.85. The number of benzene rings is 2. The van der Waals surface area contributed by atoms with Gasteiger partial charge in [-0.15, -0.1) is 12.4 Å². The average molecular weight is 334 g/mol. The van der Waals surface area contributed by atoms with Gasteiger partial charge in [0.25, 0.3) is 0 Å². The standard InChI is InChI=1S/C15H14F3NO2.ClH/c16-15(17,18)14(19)12-7-6-11(8-13(12)20)21-9-10-4-2-1-3-5-10;/h1-8,14,20H,9,19H2;1H/t14-;/m0./s1. The van der Waals surface area contributed by atoms with Gasteiger partial charge >= 0.3 is 6.18 Å². The molecule has 0 spiro atoms. The predicted molar refractivity (Wildman–Crippen MR) is 79.1 cm³/mol. The molecule has 7 heteroatoms. The van der Waals surface area contributed by atoms with E-state index >= 15 is 0 Å². The van der Waals surface area contributed by atoms with E-state index in [1.54, 1.807) is 0 Å². The lowest BCUT2D eigenvalue weighted by molar-refractivity contribution is -0.149. The van der Waals surface area contributed by atoms with Crippen molar-refractivity contribution in [2.75, 3.05) is 0 Å². The quantitative estimate of drug-likeness (QED) is 0.890. The molecule has 0 saturated carbocycles. The normalized spacial score (nSPS) is 12.4. The Bertz CT molecular complexity index is 605. The fraction of sp³-hybridized carbons (Fsp3) is 0.200. The van der Waals surface area contributed by atoms with Gasteiger partial charge in [0.15, 0.2) is 0 Å². The summed E-state index contributed by atoms with van der Waals surface area (Å²) < 4.78 is 43.0. The molecule has 0 bridgehead atoms. The number of alkyl halides is 3. The van der Waals surface area contributed by atoms with E-state index in [1.165, 1.54) is 6.07 Å². The summed E-state index contributed by atoms with van der Waals surface area (Å²) in [7, 11) is 0. The first-order valence-corrected chi connectivity index (χ1v) is 6.20. The molecular formula is C15H15ClF3NO2. The SMILES string of the molecule is Cl.N[C@@H](c1ccc(OCc2ccccc2)cc1O)C(F)(F)F. The minimum atomic E-state index is -4.61. The molecule has 0 radical (unpaired) electrons. The molecule has 0 amide bonds. The van der Waals surface area contributed by atoms with Crippen LogP contribution in [0.5, 0.6) is 11.5 Å². The zero-order valence-corrected chi connectivity index (χ0v) is 12.2. The molecule has 2 rings (SSSR count). The molecule has 0 aliphatic heterocycles. The first-order chi connectivity index (χ1) is 9.88. The van der Waals surface area contributed by atoms with Crippen LogP contribution >= 0.6 is 12.4 Å². The van der Waals surface area contributed by atoms with Crippen LogP contribution < -0.4 is 10.5 Å². The van der Waals surface area contributed by atoms with Crippen molar-refractivity contribution >= 4 is 12.4 Å². The summed E-state index contributed by atoms with van der Waals surface area (Å²) in [5.74, 6) is -0.264. The summed E-state index contributed by atoms with van der Waals surface area (Å²) in [6.45, 7) is 0.255. The van der Waals surface area contributed by atoms with E-state index in [4.69, 9.17) is 10.5 Å². The van der Waals surface area contributed by atoms with Crippen molar-refractivity contribution in [3.63, 3.8) is 0 Å². The zero-order valence-electron chi connectivity index (χ0n) is 11.4. The van der Waals surface area contributed by atoms with Gasteiger partial charge in [0.2, 0.25) is 0 Å². The van der Waals surface area contributed by atoms with Gasteiger partial charge in [0, 0.05) is 11.6 Å². The number of aromatic hydroxyl groups is 1. The lowest BCUT2D eigenvalue weighted by Crippen LogP contribution is -2.28. The minimum Gasteiger partial charge on any atom is -0.507 e. The highest BCUT2D eigenvalue weighted by Crippen LogP contribution is 2.36. The molecule has 0 aliphatic rings. The van der Waals surface area contributed by atoms with E-state index in [2.05, 4.69) is 0 Å². The van der Waals surface area contributed by atoms with E-state index in [0.717, 1.165) is 17.7 Å². The van der Waals surface area contributed by atoms with Crippen molar-refractivity contribution in [2.24, 2.45) is 5.73 Å². The Hall–Kier alpha value is -1.92. The molecule has 0 aliphatic carbocycles. The molecule has 22 heavy (non-hydrogen) atoms. The maximum absolute atomic E-state index is 12.5. The van der Waals surface area contributed by atoms with Crippen molar-refractivity contribution < 1.29 is 23.0 Å². The van der Waals surface area contributed by atoms with Gasteiger partial charge in [-0.1, -0.05) is 30.3 Å². The molecule has 3 nitrogen and oxygen atoms in total. The molecule has 3 N–H and O–H groups in total. The van der Waals surface area contributed by atoms with E-state index in [0.29, 0.717) is 0 Å². The van der Waals surface area contributed by atoms with E-state index < -0.39 is 18.0 Å². The number of phenolic OH excluding ortho intramolecular Hbond substituents is 1. The minimum absolute atomic E-state index is 0. The number of ether oxygens (including phenoxy) is 1. The summed E-state index contributed by atoms with van der Waals surface area (Å²) >= 11 is 0. The number of hydrogen-bond acceptors (Lipinski definition) is 3. The van der Waals surface area contributed by atoms with Gasteiger partial charge in [-0.25, -0.2) is 0 Å². The molecule has 2 aromatic carbocycles.